The Balaban J connectivity index is 1.66. The summed E-state index contributed by atoms with van der Waals surface area (Å²) >= 11 is 6.49. The number of ether oxygens (including phenoxy) is 3. The topological polar surface area (TPSA) is 69.9 Å². The van der Waals surface area contributed by atoms with Gasteiger partial charge in [0.25, 0.3) is 0 Å². The van der Waals surface area contributed by atoms with Crippen LogP contribution in [0.25, 0.3) is 11.0 Å². The van der Waals surface area contributed by atoms with Gasteiger partial charge in [0.05, 0.1) is 25.8 Å². The number of halogens is 1. The molecule has 0 unspecified atom stereocenters. The minimum absolute atomic E-state index is 0.122. The van der Waals surface area contributed by atoms with Gasteiger partial charge in [-0.05, 0) is 43.9 Å². The fourth-order valence-corrected chi connectivity index (χ4v) is 4.23. The molecule has 2 aromatic carbocycles. The second-order valence-corrected chi connectivity index (χ2v) is 9.43. The Bertz CT molecular complexity index is 1170. The fourth-order valence-electron chi connectivity index (χ4n) is 4.01. The van der Waals surface area contributed by atoms with Crippen molar-refractivity contribution in [3.63, 3.8) is 0 Å². The maximum atomic E-state index is 12.1. The molecule has 34 heavy (non-hydrogen) atoms. The summed E-state index contributed by atoms with van der Waals surface area (Å²) in [6.45, 7) is 7.50. The minimum atomic E-state index is -0.299. The van der Waals surface area contributed by atoms with Crippen molar-refractivity contribution >= 4 is 34.2 Å². The van der Waals surface area contributed by atoms with Crippen molar-refractivity contribution in [2.24, 2.45) is 5.92 Å². The van der Waals surface area contributed by atoms with Crippen LogP contribution in [-0.2, 0) is 22.6 Å². The van der Waals surface area contributed by atoms with Crippen LogP contribution in [0.5, 0.6) is 11.5 Å². The summed E-state index contributed by atoms with van der Waals surface area (Å²) in [6.07, 6.45) is 2.65. The van der Waals surface area contributed by atoms with Crippen LogP contribution in [0.4, 0.5) is 5.69 Å². The number of hydrogen-bond acceptors (Lipinski definition) is 6. The average Bonchev–Trinajstić information content (AvgIpc) is 3.56. The Morgan fingerprint density at radius 3 is 2.71 bits per heavy atom. The molecule has 1 saturated carbocycles. The molecule has 1 fully saturated rings. The fraction of sp³-hybridized carbons (Fsp3) is 0.444. The summed E-state index contributed by atoms with van der Waals surface area (Å²) in [6, 6.07) is 9.29. The van der Waals surface area contributed by atoms with Crippen LogP contribution in [-0.4, -0.2) is 26.2 Å². The molecule has 0 saturated heterocycles. The van der Waals surface area contributed by atoms with Crippen molar-refractivity contribution in [3.05, 3.63) is 52.2 Å². The van der Waals surface area contributed by atoms with E-state index in [-0.39, 0.29) is 24.9 Å². The Labute approximate surface area is 205 Å². The highest BCUT2D eigenvalue weighted by Gasteiger charge is 2.24. The lowest BCUT2D eigenvalue weighted by Gasteiger charge is -2.14. The van der Waals surface area contributed by atoms with Crippen LogP contribution in [0.3, 0.4) is 0 Å². The molecule has 6 nitrogen and oxygen atoms in total. The van der Waals surface area contributed by atoms with E-state index in [9.17, 15) is 4.79 Å². The van der Waals surface area contributed by atoms with E-state index in [0.29, 0.717) is 23.1 Å². The van der Waals surface area contributed by atoms with E-state index in [2.05, 4.69) is 19.2 Å². The monoisotopic (exact) mass is 485 g/mol. The van der Waals surface area contributed by atoms with Crippen molar-refractivity contribution in [3.8, 4) is 11.5 Å². The third-order valence-corrected chi connectivity index (χ3v) is 6.20. The molecule has 1 N–H and O–H groups in total. The molecule has 1 heterocycles. The smallest absolute Gasteiger partial charge is 0.310 e. The van der Waals surface area contributed by atoms with Crippen LogP contribution >= 0.6 is 11.6 Å². The summed E-state index contributed by atoms with van der Waals surface area (Å²) < 4.78 is 23.1. The largest absolute Gasteiger partial charge is 0.497 e. The van der Waals surface area contributed by atoms with Crippen molar-refractivity contribution in [2.75, 3.05) is 25.6 Å². The molecule has 4 rings (SSSR count). The first kappa shape index (κ1) is 24.3. The van der Waals surface area contributed by atoms with Gasteiger partial charge >= 0.3 is 5.97 Å². The Morgan fingerprint density at radius 1 is 1.24 bits per heavy atom. The van der Waals surface area contributed by atoms with Crippen LogP contribution in [0.15, 0.2) is 34.7 Å². The highest BCUT2D eigenvalue weighted by Crippen LogP contribution is 2.39. The lowest BCUT2D eigenvalue weighted by Crippen LogP contribution is -2.09. The highest BCUT2D eigenvalue weighted by molar-refractivity contribution is 6.32. The molecule has 0 spiro atoms. The van der Waals surface area contributed by atoms with E-state index >= 15 is 0 Å². The summed E-state index contributed by atoms with van der Waals surface area (Å²) in [5.41, 5.74) is 3.39. The second-order valence-electron chi connectivity index (χ2n) is 9.00. The quantitative estimate of drug-likeness (QED) is 0.304. The normalized spacial score (nSPS) is 13.4. The lowest BCUT2D eigenvalue weighted by molar-refractivity contribution is -0.142. The number of esters is 1. The summed E-state index contributed by atoms with van der Waals surface area (Å²) in [7, 11) is 1.60. The molecule has 0 amide bonds. The van der Waals surface area contributed by atoms with Crippen molar-refractivity contribution in [2.45, 2.75) is 52.6 Å². The molecule has 0 aliphatic heterocycles. The van der Waals surface area contributed by atoms with Gasteiger partial charge in [-0.2, -0.15) is 0 Å². The van der Waals surface area contributed by atoms with Gasteiger partial charge in [-0.3, -0.25) is 4.79 Å². The third-order valence-electron chi connectivity index (χ3n) is 5.98. The maximum Gasteiger partial charge on any atom is 0.310 e. The van der Waals surface area contributed by atoms with Gasteiger partial charge in [-0.1, -0.05) is 31.5 Å². The number of carbonyl (C=O) groups is 1. The van der Waals surface area contributed by atoms with Crippen LogP contribution < -0.4 is 14.8 Å². The first-order valence-corrected chi connectivity index (χ1v) is 12.2. The summed E-state index contributed by atoms with van der Waals surface area (Å²) in [5, 5.41) is 5.09. The molecule has 1 aromatic heterocycles. The Kier molecular flexibility index (Phi) is 7.57. The molecule has 0 atom stereocenters. The van der Waals surface area contributed by atoms with Gasteiger partial charge < -0.3 is 23.9 Å². The zero-order valence-corrected chi connectivity index (χ0v) is 21.0. The summed E-state index contributed by atoms with van der Waals surface area (Å²) in [4.78, 5) is 12.1. The first-order valence-electron chi connectivity index (χ1n) is 11.8. The number of fused-ring (bicyclic) bond motifs is 1. The summed E-state index contributed by atoms with van der Waals surface area (Å²) in [5.74, 6) is 2.67. The molecule has 1 aliphatic rings. The third kappa shape index (κ3) is 5.61. The predicted molar refractivity (Wildman–Crippen MR) is 134 cm³/mol. The molecule has 0 radical (unpaired) electrons. The van der Waals surface area contributed by atoms with E-state index in [1.807, 2.05) is 24.3 Å². The standard InChI is InChI=1S/C27H32ClNO5/c1-5-32-25(30)10-18-8-9-20(31-4)13-24(18)33-15-22-21-11-19(28)12-23(29-14-17-6-7-17)27(21)34-26(22)16(2)3/h8-9,11-13,16-17,29H,5-7,10,14-15H2,1-4H3. The predicted octanol–water partition coefficient (Wildman–Crippen LogP) is 6.72. The van der Waals surface area contributed by atoms with Gasteiger partial charge in [0.2, 0.25) is 0 Å². The number of anilines is 1. The van der Waals surface area contributed by atoms with Gasteiger partial charge in [0.1, 0.15) is 23.9 Å². The van der Waals surface area contributed by atoms with E-state index in [1.54, 1.807) is 20.1 Å². The van der Waals surface area contributed by atoms with Crippen molar-refractivity contribution < 1.29 is 23.4 Å². The second kappa shape index (κ2) is 10.6. The number of furan rings is 1. The Hall–Kier alpha value is -2.86. The number of carbonyl (C=O) groups excluding carboxylic acids is 1. The number of nitrogens with one attached hydrogen (secondary N) is 1. The van der Waals surface area contributed by atoms with Crippen molar-refractivity contribution in [1.29, 1.82) is 0 Å². The van der Waals surface area contributed by atoms with Gasteiger partial charge in [0, 0.05) is 40.1 Å². The number of rotatable bonds is 11. The van der Waals surface area contributed by atoms with E-state index in [1.165, 1.54) is 12.8 Å². The van der Waals surface area contributed by atoms with Gasteiger partial charge in [-0.25, -0.2) is 0 Å². The van der Waals surface area contributed by atoms with Crippen molar-refractivity contribution in [1.82, 2.24) is 0 Å². The van der Waals surface area contributed by atoms with E-state index in [4.69, 9.17) is 30.2 Å². The molecular formula is C27H32ClNO5. The van der Waals surface area contributed by atoms with E-state index in [0.717, 1.165) is 46.0 Å². The molecule has 3 aromatic rings. The molecule has 182 valence electrons. The van der Waals surface area contributed by atoms with Gasteiger partial charge in [0.15, 0.2) is 5.58 Å². The average molecular weight is 486 g/mol. The highest BCUT2D eigenvalue weighted by atomic mass is 35.5. The Morgan fingerprint density at radius 2 is 2.03 bits per heavy atom. The maximum absolute atomic E-state index is 12.1. The molecular weight excluding hydrogens is 454 g/mol. The molecule has 1 aliphatic carbocycles. The lowest BCUT2D eigenvalue weighted by atomic mass is 10.0. The van der Waals surface area contributed by atoms with E-state index < -0.39 is 0 Å². The number of benzene rings is 2. The first-order chi connectivity index (χ1) is 16.4. The SMILES string of the molecule is CCOC(=O)Cc1ccc(OC)cc1OCc1c(C(C)C)oc2c(NCC3CC3)cc(Cl)cc12. The number of hydrogen-bond donors (Lipinski definition) is 1. The molecule has 7 heteroatoms. The van der Waals surface area contributed by atoms with Crippen LogP contribution in [0.2, 0.25) is 5.02 Å². The zero-order valence-electron chi connectivity index (χ0n) is 20.2. The van der Waals surface area contributed by atoms with Crippen LogP contribution in [0.1, 0.15) is 56.4 Å². The van der Waals surface area contributed by atoms with Crippen LogP contribution in [0, 0.1) is 5.92 Å². The van der Waals surface area contributed by atoms with Gasteiger partial charge in [-0.15, -0.1) is 0 Å². The number of methoxy groups -OCH3 is 1. The minimum Gasteiger partial charge on any atom is -0.497 e. The molecule has 0 bridgehead atoms. The zero-order chi connectivity index (χ0) is 24.2.